The smallest absolute Gasteiger partial charge is 0.415 e. The maximum Gasteiger partial charge on any atom is 0.415 e. The van der Waals surface area contributed by atoms with Gasteiger partial charge in [0.2, 0.25) is 5.95 Å². The molecule has 8 nitrogen and oxygen atoms in total. The summed E-state index contributed by atoms with van der Waals surface area (Å²) in [6, 6.07) is 9.77. The van der Waals surface area contributed by atoms with Crippen LogP contribution in [0.4, 0.5) is 16.6 Å². The topological polar surface area (TPSA) is 85.8 Å². The lowest BCUT2D eigenvalue weighted by molar-refractivity contribution is 0.0255. The fourth-order valence-electron chi connectivity index (χ4n) is 3.84. The summed E-state index contributed by atoms with van der Waals surface area (Å²) in [5, 5.41) is 3.32. The van der Waals surface area contributed by atoms with Crippen LogP contribution in [-0.2, 0) is 9.47 Å². The summed E-state index contributed by atoms with van der Waals surface area (Å²) < 4.78 is 16.7. The number of anilines is 2. The number of hydrogen-bond acceptors (Lipinski definition) is 7. The molecule has 2 fully saturated rings. The Morgan fingerprint density at radius 1 is 1.13 bits per heavy atom. The molecule has 0 aliphatic carbocycles. The third-order valence-corrected chi connectivity index (χ3v) is 5.76. The van der Waals surface area contributed by atoms with Crippen molar-refractivity contribution in [1.29, 1.82) is 0 Å². The van der Waals surface area contributed by atoms with Gasteiger partial charge in [0.25, 0.3) is 0 Å². The Kier molecular flexibility index (Phi) is 6.56. The fraction of sp³-hybridized carbons (Fsp3) is 0.522. The fourth-order valence-corrected chi connectivity index (χ4v) is 3.84. The van der Waals surface area contributed by atoms with Crippen LogP contribution >= 0.6 is 0 Å². The summed E-state index contributed by atoms with van der Waals surface area (Å²) in [6.07, 6.45) is 3.37. The molecule has 2 saturated heterocycles. The number of aromatic nitrogens is 2. The van der Waals surface area contributed by atoms with Gasteiger partial charge in [-0.2, -0.15) is 4.98 Å². The normalized spacial score (nSPS) is 20.6. The van der Waals surface area contributed by atoms with E-state index >= 15 is 0 Å². The minimum atomic E-state index is -0.364. The van der Waals surface area contributed by atoms with Crippen molar-refractivity contribution in [2.75, 3.05) is 30.0 Å². The van der Waals surface area contributed by atoms with Gasteiger partial charge in [-0.3, -0.25) is 4.90 Å². The van der Waals surface area contributed by atoms with Crippen LogP contribution in [0.2, 0.25) is 0 Å². The van der Waals surface area contributed by atoms with Gasteiger partial charge in [0.1, 0.15) is 24.3 Å². The Morgan fingerprint density at radius 2 is 1.87 bits per heavy atom. The Bertz CT molecular complexity index is 883. The van der Waals surface area contributed by atoms with Crippen LogP contribution in [0.15, 0.2) is 36.5 Å². The monoisotopic (exact) mass is 426 g/mol. The van der Waals surface area contributed by atoms with Gasteiger partial charge < -0.3 is 19.5 Å². The molecule has 0 bridgehead atoms. The minimum absolute atomic E-state index is 0.0150. The van der Waals surface area contributed by atoms with Gasteiger partial charge in [0, 0.05) is 19.0 Å². The predicted molar refractivity (Wildman–Crippen MR) is 117 cm³/mol. The standard InChI is InChI=1S/C23H30N4O4/c1-15(2)20-14-30-23(28)27(20)21-8-11-24-22(26-21)25-16(3)17-4-6-18(7-5-17)31-19-9-12-29-13-10-19/h4-8,11,15-16,19-20H,9-10,12-14H2,1-3H3,(H,24,25,26)/t16-,20-/m1/s1. The van der Waals surface area contributed by atoms with E-state index in [0.717, 1.165) is 37.4 Å². The molecule has 2 atom stereocenters. The van der Waals surface area contributed by atoms with Crippen LogP contribution < -0.4 is 15.0 Å². The second kappa shape index (κ2) is 9.51. The van der Waals surface area contributed by atoms with Crippen LogP contribution in [0.3, 0.4) is 0 Å². The van der Waals surface area contributed by atoms with Gasteiger partial charge in [-0.1, -0.05) is 26.0 Å². The SMILES string of the molecule is CC(C)[C@H]1COC(=O)N1c1ccnc(N[C@H](C)c2ccc(OC3CCOCC3)cc2)n1. The first-order valence-corrected chi connectivity index (χ1v) is 10.9. The lowest BCUT2D eigenvalue weighted by atomic mass is 10.0. The lowest BCUT2D eigenvalue weighted by Crippen LogP contribution is -2.37. The van der Waals surface area contributed by atoms with Crippen LogP contribution in [0.1, 0.15) is 45.2 Å². The van der Waals surface area contributed by atoms with Crippen LogP contribution in [0.25, 0.3) is 0 Å². The van der Waals surface area contributed by atoms with E-state index < -0.39 is 0 Å². The molecule has 4 rings (SSSR count). The highest BCUT2D eigenvalue weighted by Crippen LogP contribution is 2.27. The predicted octanol–water partition coefficient (Wildman–Crippen LogP) is 4.19. The van der Waals surface area contributed by atoms with Gasteiger partial charge in [-0.05, 0) is 36.6 Å². The summed E-state index contributed by atoms with van der Waals surface area (Å²) >= 11 is 0. The molecule has 2 aliphatic rings. The van der Waals surface area contributed by atoms with E-state index in [1.807, 2.05) is 31.2 Å². The first-order chi connectivity index (χ1) is 15.0. The van der Waals surface area contributed by atoms with Crippen molar-refractivity contribution in [2.45, 2.75) is 51.8 Å². The minimum Gasteiger partial charge on any atom is -0.490 e. The highest BCUT2D eigenvalue weighted by Gasteiger charge is 2.37. The third-order valence-electron chi connectivity index (χ3n) is 5.76. The van der Waals surface area contributed by atoms with E-state index in [-0.39, 0.29) is 30.2 Å². The van der Waals surface area contributed by atoms with Gasteiger partial charge >= 0.3 is 6.09 Å². The molecule has 2 aromatic rings. The third kappa shape index (κ3) is 5.07. The average Bonchev–Trinajstić information content (AvgIpc) is 3.17. The van der Waals surface area contributed by atoms with E-state index in [9.17, 15) is 4.79 Å². The molecule has 2 aliphatic heterocycles. The molecule has 3 heterocycles. The molecule has 31 heavy (non-hydrogen) atoms. The number of rotatable bonds is 7. The van der Waals surface area contributed by atoms with Crippen molar-refractivity contribution in [3.05, 3.63) is 42.1 Å². The number of benzene rings is 1. The van der Waals surface area contributed by atoms with Crippen molar-refractivity contribution in [3.8, 4) is 5.75 Å². The summed E-state index contributed by atoms with van der Waals surface area (Å²) in [4.78, 5) is 22.7. The number of cyclic esters (lactones) is 1. The molecule has 0 spiro atoms. The molecular formula is C23H30N4O4. The molecule has 166 valence electrons. The Labute approximate surface area is 182 Å². The second-order valence-corrected chi connectivity index (χ2v) is 8.36. The summed E-state index contributed by atoms with van der Waals surface area (Å²) in [5.74, 6) is 2.15. The van der Waals surface area contributed by atoms with E-state index in [1.165, 1.54) is 0 Å². The number of carbonyl (C=O) groups is 1. The molecule has 1 N–H and O–H groups in total. The molecular weight excluding hydrogens is 396 g/mol. The van der Waals surface area contributed by atoms with Gasteiger partial charge in [0.15, 0.2) is 0 Å². The molecule has 0 unspecified atom stereocenters. The Morgan fingerprint density at radius 3 is 2.58 bits per heavy atom. The van der Waals surface area contributed by atoms with Crippen molar-refractivity contribution >= 4 is 17.9 Å². The second-order valence-electron chi connectivity index (χ2n) is 8.36. The van der Waals surface area contributed by atoms with Crippen LogP contribution in [0.5, 0.6) is 5.75 Å². The number of carbonyl (C=O) groups excluding carboxylic acids is 1. The van der Waals surface area contributed by atoms with E-state index in [1.54, 1.807) is 17.2 Å². The first-order valence-electron chi connectivity index (χ1n) is 10.9. The zero-order valence-electron chi connectivity index (χ0n) is 18.3. The molecule has 1 aromatic heterocycles. The van der Waals surface area contributed by atoms with Crippen molar-refractivity contribution in [2.24, 2.45) is 5.92 Å². The first kappa shape index (κ1) is 21.4. The molecule has 1 amide bonds. The van der Waals surface area contributed by atoms with E-state index in [0.29, 0.717) is 18.4 Å². The number of ether oxygens (including phenoxy) is 3. The Balaban J connectivity index is 1.41. The summed E-state index contributed by atoms with van der Waals surface area (Å²) in [6.45, 7) is 8.08. The molecule has 1 aromatic carbocycles. The van der Waals surface area contributed by atoms with Crippen LogP contribution in [-0.4, -0.2) is 48.0 Å². The average molecular weight is 427 g/mol. The van der Waals surface area contributed by atoms with Gasteiger partial charge in [-0.25, -0.2) is 9.78 Å². The quantitative estimate of drug-likeness (QED) is 0.710. The highest BCUT2D eigenvalue weighted by atomic mass is 16.6. The maximum absolute atomic E-state index is 12.2. The zero-order valence-corrected chi connectivity index (χ0v) is 18.3. The maximum atomic E-state index is 12.2. The van der Waals surface area contributed by atoms with Gasteiger partial charge in [-0.15, -0.1) is 0 Å². The van der Waals surface area contributed by atoms with Crippen LogP contribution in [0, 0.1) is 5.92 Å². The molecule has 0 saturated carbocycles. The number of amides is 1. The van der Waals surface area contributed by atoms with E-state index in [4.69, 9.17) is 14.2 Å². The number of nitrogens with one attached hydrogen (secondary N) is 1. The zero-order chi connectivity index (χ0) is 21.8. The summed E-state index contributed by atoms with van der Waals surface area (Å²) in [5.41, 5.74) is 1.09. The van der Waals surface area contributed by atoms with E-state index in [2.05, 4.69) is 29.1 Å². The largest absolute Gasteiger partial charge is 0.490 e. The van der Waals surface area contributed by atoms with Crippen molar-refractivity contribution < 1.29 is 19.0 Å². The number of nitrogens with zero attached hydrogens (tertiary/aromatic N) is 3. The van der Waals surface area contributed by atoms with Crippen molar-refractivity contribution in [1.82, 2.24) is 9.97 Å². The Hall–Kier alpha value is -2.87. The lowest BCUT2D eigenvalue weighted by Gasteiger charge is -2.24. The molecule has 0 radical (unpaired) electrons. The van der Waals surface area contributed by atoms with Crippen molar-refractivity contribution in [3.63, 3.8) is 0 Å². The highest BCUT2D eigenvalue weighted by molar-refractivity contribution is 5.89. The van der Waals surface area contributed by atoms with Gasteiger partial charge in [0.05, 0.1) is 25.3 Å². The molecule has 8 heteroatoms. The summed E-state index contributed by atoms with van der Waals surface area (Å²) in [7, 11) is 0. The number of hydrogen-bond donors (Lipinski definition) is 1.